The van der Waals surface area contributed by atoms with Crippen LogP contribution in [0.2, 0.25) is 5.02 Å². The largest absolute Gasteiger partial charge is 0.0921 e. The fraction of sp³-hybridized carbons (Fsp3) is 0.625. The van der Waals surface area contributed by atoms with Crippen molar-refractivity contribution in [1.29, 1.82) is 0 Å². The van der Waals surface area contributed by atoms with Crippen LogP contribution in [0.4, 0.5) is 0 Å². The predicted octanol–water partition coefficient (Wildman–Crippen LogP) is 6.57. The Morgan fingerprint density at radius 2 is 1.61 bits per heavy atom. The van der Waals surface area contributed by atoms with Crippen LogP contribution in [0.25, 0.3) is 0 Å². The van der Waals surface area contributed by atoms with E-state index in [0.29, 0.717) is 5.92 Å². The van der Waals surface area contributed by atoms with E-state index in [9.17, 15) is 0 Å². The maximum absolute atomic E-state index is 5.92. The average Bonchev–Trinajstić information content (AvgIpc) is 2.39. The molecule has 1 atom stereocenters. The first kappa shape index (κ1) is 16.0. The van der Waals surface area contributed by atoms with E-state index in [1.165, 1.54) is 50.5 Å². The van der Waals surface area contributed by atoms with E-state index >= 15 is 0 Å². The highest BCUT2D eigenvalue weighted by molar-refractivity contribution is 9.09. The molecule has 0 aliphatic heterocycles. The van der Waals surface area contributed by atoms with E-state index in [2.05, 4.69) is 35.0 Å². The summed E-state index contributed by atoms with van der Waals surface area (Å²) in [7, 11) is 0. The van der Waals surface area contributed by atoms with Gasteiger partial charge in [0.1, 0.15) is 0 Å². The summed E-state index contributed by atoms with van der Waals surface area (Å²) in [6.45, 7) is 2.27. The molecule has 0 saturated carbocycles. The molecule has 0 radical (unpaired) electrons. The van der Waals surface area contributed by atoms with Crippen LogP contribution >= 0.6 is 27.5 Å². The Balaban J connectivity index is 2.27. The van der Waals surface area contributed by atoms with E-state index < -0.39 is 0 Å². The van der Waals surface area contributed by atoms with Crippen LogP contribution in [0, 0.1) is 0 Å². The summed E-state index contributed by atoms with van der Waals surface area (Å²) in [6.07, 6.45) is 9.49. The van der Waals surface area contributed by atoms with Gasteiger partial charge in [0.25, 0.3) is 0 Å². The van der Waals surface area contributed by atoms with E-state index in [4.69, 9.17) is 11.6 Å². The Labute approximate surface area is 125 Å². The molecule has 0 aliphatic carbocycles. The summed E-state index contributed by atoms with van der Waals surface area (Å²) in [5.41, 5.74) is 1.41. The maximum atomic E-state index is 5.92. The van der Waals surface area contributed by atoms with Gasteiger partial charge in [0.05, 0.1) is 0 Å². The Kier molecular flexibility index (Phi) is 8.79. The summed E-state index contributed by atoms with van der Waals surface area (Å²) >= 11 is 9.56. The van der Waals surface area contributed by atoms with Crippen molar-refractivity contribution in [2.75, 3.05) is 5.33 Å². The van der Waals surface area contributed by atoms with Crippen molar-refractivity contribution in [3.05, 3.63) is 34.9 Å². The van der Waals surface area contributed by atoms with Crippen LogP contribution in [0.5, 0.6) is 0 Å². The number of rotatable bonds is 9. The second-order valence-electron chi connectivity index (χ2n) is 4.96. The van der Waals surface area contributed by atoms with Gasteiger partial charge in [-0.3, -0.25) is 0 Å². The Morgan fingerprint density at radius 3 is 2.22 bits per heavy atom. The minimum absolute atomic E-state index is 0.633. The lowest BCUT2D eigenvalue weighted by Gasteiger charge is -2.14. The molecule has 2 heteroatoms. The number of unbranched alkanes of at least 4 members (excludes halogenated alkanes) is 5. The standard InChI is InChI=1S/C16H24BrCl/c1-2-3-4-5-6-7-8-15(13-17)14-9-11-16(18)12-10-14/h9-12,15H,2-8,13H2,1H3. The summed E-state index contributed by atoms with van der Waals surface area (Å²) in [5, 5.41) is 1.87. The molecular weight excluding hydrogens is 308 g/mol. The highest BCUT2D eigenvalue weighted by Crippen LogP contribution is 2.26. The van der Waals surface area contributed by atoms with Gasteiger partial charge in [-0.15, -0.1) is 0 Å². The van der Waals surface area contributed by atoms with Crippen LogP contribution in [0.1, 0.15) is 63.4 Å². The topological polar surface area (TPSA) is 0 Å². The van der Waals surface area contributed by atoms with Crippen molar-refractivity contribution in [3.8, 4) is 0 Å². The third-order valence-corrected chi connectivity index (χ3v) is 4.47. The molecule has 1 aromatic carbocycles. The van der Waals surface area contributed by atoms with Crippen molar-refractivity contribution in [2.24, 2.45) is 0 Å². The molecule has 0 nitrogen and oxygen atoms in total. The third-order valence-electron chi connectivity index (χ3n) is 3.43. The van der Waals surface area contributed by atoms with Gasteiger partial charge in [-0.2, -0.15) is 0 Å². The quantitative estimate of drug-likeness (QED) is 0.354. The van der Waals surface area contributed by atoms with Crippen molar-refractivity contribution < 1.29 is 0 Å². The molecule has 0 heterocycles. The lowest BCUT2D eigenvalue weighted by atomic mass is 9.95. The number of halogens is 2. The molecule has 0 fully saturated rings. The van der Waals surface area contributed by atoms with Gasteiger partial charge < -0.3 is 0 Å². The fourth-order valence-electron chi connectivity index (χ4n) is 2.24. The number of hydrogen-bond acceptors (Lipinski definition) is 0. The van der Waals surface area contributed by atoms with Gasteiger partial charge >= 0.3 is 0 Å². The molecule has 1 rings (SSSR count). The number of hydrogen-bond donors (Lipinski definition) is 0. The second-order valence-corrected chi connectivity index (χ2v) is 6.04. The number of benzene rings is 1. The summed E-state index contributed by atoms with van der Waals surface area (Å²) in [5.74, 6) is 0.633. The highest BCUT2D eigenvalue weighted by atomic mass is 79.9. The normalized spacial score (nSPS) is 12.6. The maximum Gasteiger partial charge on any atom is 0.0406 e. The van der Waals surface area contributed by atoms with Crippen LogP contribution in [0.3, 0.4) is 0 Å². The smallest absolute Gasteiger partial charge is 0.0406 e. The molecule has 0 aromatic heterocycles. The van der Waals surface area contributed by atoms with Crippen LogP contribution in [-0.4, -0.2) is 5.33 Å². The monoisotopic (exact) mass is 330 g/mol. The van der Waals surface area contributed by atoms with E-state index in [1.807, 2.05) is 12.1 Å². The van der Waals surface area contributed by atoms with E-state index in [0.717, 1.165) is 10.4 Å². The van der Waals surface area contributed by atoms with Crippen molar-refractivity contribution in [3.63, 3.8) is 0 Å². The van der Waals surface area contributed by atoms with Gasteiger partial charge in [-0.25, -0.2) is 0 Å². The molecule has 1 aromatic rings. The molecule has 0 spiro atoms. The Hall–Kier alpha value is -0.0100. The van der Waals surface area contributed by atoms with Crippen molar-refractivity contribution >= 4 is 27.5 Å². The minimum Gasteiger partial charge on any atom is -0.0921 e. The number of alkyl halides is 1. The first-order chi connectivity index (χ1) is 8.77. The van der Waals surface area contributed by atoms with Gasteiger partial charge in [-0.05, 0) is 30.0 Å². The zero-order valence-corrected chi connectivity index (χ0v) is 13.6. The highest BCUT2D eigenvalue weighted by Gasteiger charge is 2.09. The minimum atomic E-state index is 0.633. The lowest BCUT2D eigenvalue weighted by molar-refractivity contribution is 0.561. The Bertz CT molecular complexity index is 307. The average molecular weight is 332 g/mol. The molecule has 0 saturated heterocycles. The van der Waals surface area contributed by atoms with Crippen molar-refractivity contribution in [1.82, 2.24) is 0 Å². The fourth-order valence-corrected chi connectivity index (χ4v) is 3.06. The van der Waals surface area contributed by atoms with Crippen LogP contribution in [0.15, 0.2) is 24.3 Å². The van der Waals surface area contributed by atoms with Gasteiger partial charge in [0.2, 0.25) is 0 Å². The zero-order chi connectivity index (χ0) is 13.2. The van der Waals surface area contributed by atoms with E-state index in [-0.39, 0.29) is 0 Å². The van der Waals surface area contributed by atoms with Crippen LogP contribution < -0.4 is 0 Å². The SMILES string of the molecule is CCCCCCCCC(CBr)c1ccc(Cl)cc1. The van der Waals surface area contributed by atoms with Crippen molar-refractivity contribution in [2.45, 2.75) is 57.8 Å². The molecule has 0 N–H and O–H groups in total. The molecule has 18 heavy (non-hydrogen) atoms. The molecular formula is C16H24BrCl. The molecule has 0 aliphatic rings. The second kappa shape index (κ2) is 9.86. The molecule has 0 amide bonds. The van der Waals surface area contributed by atoms with Crippen LogP contribution in [-0.2, 0) is 0 Å². The summed E-state index contributed by atoms with van der Waals surface area (Å²) in [6, 6.07) is 8.30. The molecule has 1 unspecified atom stereocenters. The molecule has 0 bridgehead atoms. The first-order valence-corrected chi connectivity index (χ1v) is 8.59. The third kappa shape index (κ3) is 6.24. The summed E-state index contributed by atoms with van der Waals surface area (Å²) in [4.78, 5) is 0. The predicted molar refractivity (Wildman–Crippen MR) is 86.0 cm³/mol. The first-order valence-electron chi connectivity index (χ1n) is 7.09. The van der Waals surface area contributed by atoms with Gasteiger partial charge in [-0.1, -0.05) is 85.1 Å². The Morgan fingerprint density at radius 1 is 1.00 bits per heavy atom. The molecule has 102 valence electrons. The lowest BCUT2D eigenvalue weighted by Crippen LogP contribution is -2.00. The van der Waals surface area contributed by atoms with E-state index in [1.54, 1.807) is 0 Å². The summed E-state index contributed by atoms with van der Waals surface area (Å²) < 4.78 is 0. The van der Waals surface area contributed by atoms with Gasteiger partial charge in [0.15, 0.2) is 0 Å². The zero-order valence-electron chi connectivity index (χ0n) is 11.3. The van der Waals surface area contributed by atoms with Gasteiger partial charge in [0, 0.05) is 10.4 Å².